The van der Waals surface area contributed by atoms with Gasteiger partial charge in [-0.1, -0.05) is 207 Å². The molecule has 78 heavy (non-hydrogen) atoms. The van der Waals surface area contributed by atoms with Crippen molar-refractivity contribution in [1.82, 2.24) is 0 Å². The van der Waals surface area contributed by atoms with E-state index in [0.29, 0.717) is 0 Å². The molecule has 2 aliphatic heterocycles. The molecule has 5 heteroatoms. The summed E-state index contributed by atoms with van der Waals surface area (Å²) in [5.74, 6) is 0.872. The van der Waals surface area contributed by atoms with E-state index in [1.165, 1.54) is 98.1 Å². The average molecular weight is 1020 g/mol. The van der Waals surface area contributed by atoms with Crippen molar-refractivity contribution >= 4 is 88.7 Å². The van der Waals surface area contributed by atoms with Crippen molar-refractivity contribution in [3.63, 3.8) is 0 Å². The quantitative estimate of drug-likeness (QED) is 0.160. The first-order chi connectivity index (χ1) is 37.7. The first kappa shape index (κ1) is 46.9. The number of furan rings is 1. The predicted molar refractivity (Wildman–Crippen MR) is 334 cm³/mol. The van der Waals surface area contributed by atoms with Gasteiger partial charge in [-0.25, -0.2) is 0 Å². The first-order valence-electron chi connectivity index (χ1n) is 27.6. The lowest BCUT2D eigenvalue weighted by atomic mass is 9.43. The molecule has 3 aliphatic rings. The third-order valence-electron chi connectivity index (χ3n) is 17.4. The number of anilines is 5. The molecule has 12 aromatic rings. The topological polar surface area (TPSA) is 19.6 Å². The summed E-state index contributed by atoms with van der Waals surface area (Å²) in [7, 11) is 0. The summed E-state index contributed by atoms with van der Waals surface area (Å²) in [5.41, 5.74) is 25.1. The molecule has 0 amide bonds. The Balaban J connectivity index is 1.14. The molecule has 0 fully saturated rings. The van der Waals surface area contributed by atoms with Gasteiger partial charge in [0.1, 0.15) is 11.3 Å². The van der Waals surface area contributed by atoms with Gasteiger partial charge in [-0.05, 0) is 132 Å². The fraction of sp³-hybridized carbons (Fsp3) is 0.151. The molecular weight excluding hydrogens is 964 g/mol. The van der Waals surface area contributed by atoms with Gasteiger partial charge in [0.15, 0.2) is 0 Å². The van der Waals surface area contributed by atoms with Gasteiger partial charge in [0.25, 0.3) is 0 Å². The average Bonchev–Trinajstić information content (AvgIpc) is 3.89. The lowest BCUT2D eigenvalue weighted by molar-refractivity contribution is 0.590. The maximum Gasteiger partial charge on any atom is 0.333 e. The summed E-state index contributed by atoms with van der Waals surface area (Å²) >= 11 is 1.92. The van der Waals surface area contributed by atoms with Gasteiger partial charge in [-0.2, -0.15) is 0 Å². The number of nitrogens with zero attached hydrogens (tertiary/aromatic N) is 2. The van der Waals surface area contributed by atoms with Gasteiger partial charge in [-0.3, -0.25) is 0 Å². The number of hydrogen-bond acceptors (Lipinski definition) is 4. The van der Waals surface area contributed by atoms with E-state index in [2.05, 4.69) is 277 Å². The molecular formula is C73H59BN2OS. The van der Waals surface area contributed by atoms with Crippen LogP contribution in [0, 0.1) is 0 Å². The van der Waals surface area contributed by atoms with Gasteiger partial charge in [0.2, 0.25) is 0 Å². The molecule has 0 spiro atoms. The van der Waals surface area contributed by atoms with Crippen LogP contribution < -0.4 is 20.6 Å². The number of rotatable bonds is 5. The highest BCUT2D eigenvalue weighted by atomic mass is 32.1. The second kappa shape index (κ2) is 16.8. The van der Waals surface area contributed by atoms with E-state index in [1.807, 2.05) is 11.3 Å². The molecule has 0 atom stereocenters. The van der Waals surface area contributed by atoms with E-state index in [1.54, 1.807) is 0 Å². The molecule has 0 bridgehead atoms. The maximum atomic E-state index is 7.38. The van der Waals surface area contributed by atoms with Crippen LogP contribution in [0.2, 0.25) is 0 Å². The Bertz CT molecular complexity index is 4420. The molecule has 1 aliphatic carbocycles. The van der Waals surface area contributed by atoms with Gasteiger partial charge >= 0.3 is 6.85 Å². The van der Waals surface area contributed by atoms with Crippen LogP contribution in [0.25, 0.3) is 87.0 Å². The standard InChI is InChI=1S/C73H59BN2OS/c1-71(2,3)47-32-35-49(36-33-47)76-62-42-59-53(50-28-18-20-30-58(50)73(59,7)8)39-54(62)55-40-56-51-29-19-21-31-65(51)78-70(56)68-67(55)74(76)60-43-64-57(66(45-24-14-10-15-25-45)69(77-64)46-26-16-11-17-27-46)41-63(60)75(68)61-37-34-48(72(4,5)6)38-52(61)44-22-12-9-13-23-44/h9-43H,1-8H3. The molecule has 15 rings (SSSR count). The summed E-state index contributed by atoms with van der Waals surface area (Å²) in [6.07, 6.45) is 0. The summed E-state index contributed by atoms with van der Waals surface area (Å²) in [6, 6.07) is 80.1. The molecule has 3 nitrogen and oxygen atoms in total. The van der Waals surface area contributed by atoms with Crippen LogP contribution in [0.1, 0.15) is 77.6 Å². The molecule has 2 aromatic heterocycles. The van der Waals surface area contributed by atoms with Crippen LogP contribution in [-0.4, -0.2) is 6.85 Å². The highest BCUT2D eigenvalue weighted by molar-refractivity contribution is 7.26. The highest BCUT2D eigenvalue weighted by Gasteiger charge is 2.49. The maximum absolute atomic E-state index is 7.38. The van der Waals surface area contributed by atoms with Crippen molar-refractivity contribution in [2.24, 2.45) is 0 Å². The third kappa shape index (κ3) is 6.90. The van der Waals surface area contributed by atoms with E-state index in [-0.39, 0.29) is 23.1 Å². The summed E-state index contributed by atoms with van der Waals surface area (Å²) in [5, 5.41) is 3.64. The zero-order valence-corrected chi connectivity index (χ0v) is 46.3. The second-order valence-corrected chi connectivity index (χ2v) is 25.5. The molecule has 10 aromatic carbocycles. The Morgan fingerprint density at radius 2 is 1.10 bits per heavy atom. The molecule has 4 heterocycles. The monoisotopic (exact) mass is 1020 g/mol. The summed E-state index contributed by atoms with van der Waals surface area (Å²) in [4.78, 5) is 5.38. The first-order valence-corrected chi connectivity index (χ1v) is 28.4. The van der Waals surface area contributed by atoms with Crippen molar-refractivity contribution in [1.29, 1.82) is 0 Å². The van der Waals surface area contributed by atoms with Crippen LogP contribution >= 0.6 is 11.3 Å². The SMILES string of the molecule is CC(C)(C)c1ccc(N2B3c4cc5oc(-c6ccccc6)c(-c6ccccc6)c5cc4N(c4ccc(C(C)(C)C)cc4-c4ccccc4)c4c3c(cc3c4sc4ccccc43)-c3cc4c(cc32)C(C)(C)c2ccccc2-4)cc1. The van der Waals surface area contributed by atoms with Crippen LogP contribution in [0.5, 0.6) is 0 Å². The number of thiophene rings is 1. The van der Waals surface area contributed by atoms with Crippen LogP contribution in [-0.2, 0) is 16.2 Å². The van der Waals surface area contributed by atoms with Crippen LogP contribution in [0.3, 0.4) is 0 Å². The van der Waals surface area contributed by atoms with E-state index in [9.17, 15) is 0 Å². The van der Waals surface area contributed by atoms with E-state index < -0.39 is 0 Å². The molecule has 376 valence electrons. The molecule has 0 saturated heterocycles. The van der Waals surface area contributed by atoms with Gasteiger partial charge in [0.05, 0.1) is 16.1 Å². The molecule has 0 unspecified atom stereocenters. The lowest BCUT2D eigenvalue weighted by Crippen LogP contribution is -2.61. The summed E-state index contributed by atoms with van der Waals surface area (Å²) in [6.45, 7) is 18.5. The van der Waals surface area contributed by atoms with E-state index in [4.69, 9.17) is 4.42 Å². The van der Waals surface area contributed by atoms with Crippen molar-refractivity contribution in [2.45, 2.75) is 71.6 Å². The molecule has 0 radical (unpaired) electrons. The van der Waals surface area contributed by atoms with Crippen molar-refractivity contribution < 1.29 is 4.42 Å². The number of benzene rings is 10. The number of fused-ring (bicyclic) bond motifs is 12. The fourth-order valence-corrected chi connectivity index (χ4v) is 14.6. The minimum atomic E-state index is -0.252. The number of hydrogen-bond donors (Lipinski definition) is 0. The summed E-state index contributed by atoms with van der Waals surface area (Å²) < 4.78 is 9.95. The second-order valence-electron chi connectivity index (χ2n) is 24.4. The van der Waals surface area contributed by atoms with Gasteiger partial charge in [-0.15, -0.1) is 11.3 Å². The molecule has 0 saturated carbocycles. The van der Waals surface area contributed by atoms with Crippen LogP contribution in [0.4, 0.5) is 28.4 Å². The zero-order valence-electron chi connectivity index (χ0n) is 45.5. The minimum absolute atomic E-state index is 0.0176. The fourth-order valence-electron chi connectivity index (χ4n) is 13.4. The van der Waals surface area contributed by atoms with E-state index >= 15 is 0 Å². The Morgan fingerprint density at radius 3 is 1.82 bits per heavy atom. The Kier molecular flexibility index (Phi) is 10.1. The molecule has 0 N–H and O–H groups in total. The minimum Gasteiger partial charge on any atom is -0.455 e. The highest BCUT2D eigenvalue weighted by Crippen LogP contribution is 2.58. The largest absolute Gasteiger partial charge is 0.455 e. The predicted octanol–water partition coefficient (Wildman–Crippen LogP) is 19.4. The van der Waals surface area contributed by atoms with Crippen LogP contribution in [0.15, 0.2) is 217 Å². The van der Waals surface area contributed by atoms with Crippen molar-refractivity contribution in [2.75, 3.05) is 9.71 Å². The van der Waals surface area contributed by atoms with Crippen molar-refractivity contribution in [3.8, 4) is 55.8 Å². The smallest absolute Gasteiger partial charge is 0.333 e. The Hall–Kier alpha value is -8.38. The normalized spacial score (nSPS) is 14.2. The van der Waals surface area contributed by atoms with Gasteiger partial charge < -0.3 is 14.1 Å². The Morgan fingerprint density at radius 1 is 0.462 bits per heavy atom. The zero-order chi connectivity index (χ0) is 53.0. The van der Waals surface area contributed by atoms with E-state index in [0.717, 1.165) is 50.5 Å². The van der Waals surface area contributed by atoms with Gasteiger partial charge in [0, 0.05) is 65.6 Å². The van der Waals surface area contributed by atoms with Crippen molar-refractivity contribution in [3.05, 3.63) is 235 Å². The third-order valence-corrected chi connectivity index (χ3v) is 18.6. The Labute approximate surface area is 462 Å². The lowest BCUT2D eigenvalue weighted by Gasteiger charge is -2.46.